The van der Waals surface area contributed by atoms with Gasteiger partial charge in [-0.25, -0.2) is 0 Å². The topological polar surface area (TPSA) is 59.4 Å². The van der Waals surface area contributed by atoms with E-state index < -0.39 is 11.5 Å². The van der Waals surface area contributed by atoms with Crippen molar-refractivity contribution < 1.29 is 14.6 Å². The van der Waals surface area contributed by atoms with Crippen LogP contribution in [-0.2, 0) is 9.53 Å². The molecule has 0 spiro atoms. The Labute approximate surface area is 155 Å². The van der Waals surface area contributed by atoms with Crippen LogP contribution in [-0.4, -0.2) is 28.8 Å². The van der Waals surface area contributed by atoms with Crippen molar-refractivity contribution in [3.05, 3.63) is 72.1 Å². The van der Waals surface area contributed by atoms with Crippen LogP contribution in [0, 0.1) is 5.92 Å². The monoisotopic (exact) mass is 353 g/mol. The average Bonchev–Trinajstić information content (AvgIpc) is 2.64. The van der Waals surface area contributed by atoms with Crippen LogP contribution in [0.4, 0.5) is 0 Å². The standard InChI is InChI=1S/C22H27NO3/c1-22(2,25)20(21(24)26-3)14-8-7-13-19(17-10-5-4-6-11-17)18-12-9-15-23-16-18/h4-6,9-13,15-16,20,25H,7-8,14H2,1-3H3/b19-13+. The second-order valence-corrected chi connectivity index (χ2v) is 6.89. The number of esters is 1. The molecule has 4 nitrogen and oxygen atoms in total. The summed E-state index contributed by atoms with van der Waals surface area (Å²) >= 11 is 0. The molecule has 0 saturated carbocycles. The number of ether oxygens (including phenoxy) is 1. The smallest absolute Gasteiger partial charge is 0.311 e. The third-order valence-corrected chi connectivity index (χ3v) is 4.44. The van der Waals surface area contributed by atoms with Gasteiger partial charge in [0.2, 0.25) is 0 Å². The Morgan fingerprint density at radius 2 is 1.88 bits per heavy atom. The number of pyridine rings is 1. The van der Waals surface area contributed by atoms with Crippen molar-refractivity contribution in [3.63, 3.8) is 0 Å². The van der Waals surface area contributed by atoms with Crippen molar-refractivity contribution in [2.75, 3.05) is 7.11 Å². The first-order valence-corrected chi connectivity index (χ1v) is 8.89. The summed E-state index contributed by atoms with van der Waals surface area (Å²) in [6.45, 7) is 3.30. The van der Waals surface area contributed by atoms with E-state index in [1.54, 1.807) is 20.0 Å². The van der Waals surface area contributed by atoms with E-state index in [9.17, 15) is 9.90 Å². The van der Waals surface area contributed by atoms with Crippen LogP contribution in [0.1, 0.15) is 44.2 Å². The first-order chi connectivity index (χ1) is 12.4. The Balaban J connectivity index is 2.12. The predicted molar refractivity (Wildman–Crippen MR) is 103 cm³/mol. The number of hydrogen-bond donors (Lipinski definition) is 1. The van der Waals surface area contributed by atoms with Gasteiger partial charge in [0.15, 0.2) is 0 Å². The Kier molecular flexibility index (Phi) is 7.10. The van der Waals surface area contributed by atoms with E-state index in [-0.39, 0.29) is 5.97 Å². The lowest BCUT2D eigenvalue weighted by atomic mass is 9.86. The zero-order valence-electron chi connectivity index (χ0n) is 15.7. The molecule has 2 aromatic rings. The second kappa shape index (κ2) is 9.30. The highest BCUT2D eigenvalue weighted by Crippen LogP contribution is 2.26. The minimum Gasteiger partial charge on any atom is -0.469 e. The molecule has 0 aliphatic heterocycles. The van der Waals surface area contributed by atoms with Gasteiger partial charge in [-0.2, -0.15) is 0 Å². The largest absolute Gasteiger partial charge is 0.469 e. The zero-order valence-corrected chi connectivity index (χ0v) is 15.7. The molecule has 4 heteroatoms. The number of nitrogens with zero attached hydrogens (tertiary/aromatic N) is 1. The number of carbonyl (C=O) groups excluding carboxylic acids is 1. The van der Waals surface area contributed by atoms with E-state index in [2.05, 4.69) is 23.2 Å². The number of rotatable bonds is 8. The predicted octanol–water partition coefficient (Wildman–Crippen LogP) is 4.24. The maximum absolute atomic E-state index is 11.9. The van der Waals surface area contributed by atoms with Gasteiger partial charge < -0.3 is 9.84 Å². The summed E-state index contributed by atoms with van der Waals surface area (Å²) in [6.07, 6.45) is 7.93. The maximum atomic E-state index is 11.9. The Morgan fingerprint density at radius 3 is 2.46 bits per heavy atom. The number of methoxy groups -OCH3 is 1. The highest BCUT2D eigenvalue weighted by molar-refractivity contribution is 5.79. The van der Waals surface area contributed by atoms with Gasteiger partial charge in [-0.1, -0.05) is 42.5 Å². The lowest BCUT2D eigenvalue weighted by Gasteiger charge is -2.26. The van der Waals surface area contributed by atoms with Gasteiger partial charge in [-0.05, 0) is 50.3 Å². The van der Waals surface area contributed by atoms with Gasteiger partial charge >= 0.3 is 5.97 Å². The molecule has 1 atom stereocenters. The highest BCUT2D eigenvalue weighted by atomic mass is 16.5. The van der Waals surface area contributed by atoms with Crippen molar-refractivity contribution in [2.24, 2.45) is 5.92 Å². The molecule has 2 rings (SSSR count). The molecular weight excluding hydrogens is 326 g/mol. The fraction of sp³-hybridized carbons (Fsp3) is 0.364. The highest BCUT2D eigenvalue weighted by Gasteiger charge is 2.33. The molecule has 26 heavy (non-hydrogen) atoms. The summed E-state index contributed by atoms with van der Waals surface area (Å²) < 4.78 is 4.83. The number of allylic oxidation sites excluding steroid dienone is 1. The summed E-state index contributed by atoms with van der Waals surface area (Å²) in [5, 5.41) is 10.2. The lowest BCUT2D eigenvalue weighted by Crippen LogP contribution is -2.37. The minimum atomic E-state index is -1.09. The van der Waals surface area contributed by atoms with Crippen molar-refractivity contribution in [2.45, 2.75) is 38.7 Å². The molecule has 0 aliphatic rings. The van der Waals surface area contributed by atoms with Crippen LogP contribution in [0.5, 0.6) is 0 Å². The molecule has 0 aliphatic carbocycles. The molecule has 0 saturated heterocycles. The van der Waals surface area contributed by atoms with Crippen molar-refractivity contribution in [1.82, 2.24) is 4.98 Å². The molecule has 1 aromatic heterocycles. The zero-order chi connectivity index (χ0) is 19.0. The van der Waals surface area contributed by atoms with Crippen LogP contribution in [0.3, 0.4) is 0 Å². The Morgan fingerprint density at radius 1 is 1.19 bits per heavy atom. The molecule has 0 bridgehead atoms. The SMILES string of the molecule is COC(=O)C(CCC/C=C(\c1ccccc1)c1cccnc1)C(C)(C)O. The van der Waals surface area contributed by atoms with Gasteiger partial charge in [0, 0.05) is 18.0 Å². The van der Waals surface area contributed by atoms with E-state index >= 15 is 0 Å². The number of aliphatic hydroxyl groups is 1. The maximum Gasteiger partial charge on any atom is 0.311 e. The first-order valence-electron chi connectivity index (χ1n) is 8.89. The van der Waals surface area contributed by atoms with Gasteiger partial charge in [-0.15, -0.1) is 0 Å². The van der Waals surface area contributed by atoms with Crippen molar-refractivity contribution in [1.29, 1.82) is 0 Å². The number of aromatic nitrogens is 1. The Hall–Kier alpha value is -2.46. The van der Waals surface area contributed by atoms with Gasteiger partial charge in [0.25, 0.3) is 0 Å². The average molecular weight is 353 g/mol. The summed E-state index contributed by atoms with van der Waals surface area (Å²) in [5.74, 6) is -0.892. The molecule has 1 N–H and O–H groups in total. The minimum absolute atomic E-state index is 0.364. The normalized spacial score (nSPS) is 13.3. The van der Waals surface area contributed by atoms with Crippen LogP contribution in [0.15, 0.2) is 60.9 Å². The van der Waals surface area contributed by atoms with E-state index in [4.69, 9.17) is 4.74 Å². The van der Waals surface area contributed by atoms with Gasteiger partial charge in [0.05, 0.1) is 18.6 Å². The third kappa shape index (κ3) is 5.53. The van der Waals surface area contributed by atoms with E-state index in [0.29, 0.717) is 6.42 Å². The van der Waals surface area contributed by atoms with Gasteiger partial charge in [0.1, 0.15) is 0 Å². The number of benzene rings is 1. The second-order valence-electron chi connectivity index (χ2n) is 6.89. The first kappa shape index (κ1) is 19.9. The third-order valence-electron chi connectivity index (χ3n) is 4.44. The molecule has 0 fully saturated rings. The lowest BCUT2D eigenvalue weighted by molar-refractivity contribution is -0.154. The molecular formula is C22H27NO3. The van der Waals surface area contributed by atoms with Crippen LogP contribution in [0.25, 0.3) is 5.57 Å². The molecule has 0 amide bonds. The van der Waals surface area contributed by atoms with Crippen LogP contribution < -0.4 is 0 Å². The summed E-state index contributed by atoms with van der Waals surface area (Å²) in [5.41, 5.74) is 2.22. The fourth-order valence-electron chi connectivity index (χ4n) is 3.01. The molecule has 1 unspecified atom stereocenters. The van der Waals surface area contributed by atoms with E-state index in [1.165, 1.54) is 7.11 Å². The molecule has 138 valence electrons. The van der Waals surface area contributed by atoms with E-state index in [0.717, 1.165) is 29.5 Å². The summed E-state index contributed by atoms with van der Waals surface area (Å²) in [7, 11) is 1.36. The number of unbranched alkanes of at least 4 members (excludes halogenated alkanes) is 1. The van der Waals surface area contributed by atoms with Crippen LogP contribution in [0.2, 0.25) is 0 Å². The number of hydrogen-bond acceptors (Lipinski definition) is 4. The van der Waals surface area contributed by atoms with Crippen molar-refractivity contribution in [3.8, 4) is 0 Å². The van der Waals surface area contributed by atoms with Crippen molar-refractivity contribution >= 4 is 11.5 Å². The molecule has 0 radical (unpaired) electrons. The van der Waals surface area contributed by atoms with Crippen LogP contribution >= 0.6 is 0 Å². The quantitative estimate of drug-likeness (QED) is 0.569. The summed E-state index contributed by atoms with van der Waals surface area (Å²) in [4.78, 5) is 16.1. The fourth-order valence-corrected chi connectivity index (χ4v) is 3.01. The van der Waals surface area contributed by atoms with E-state index in [1.807, 2.05) is 36.5 Å². The summed E-state index contributed by atoms with van der Waals surface area (Å²) in [6, 6.07) is 14.1. The Bertz CT molecular complexity index is 677. The van der Waals surface area contributed by atoms with Gasteiger partial charge in [-0.3, -0.25) is 9.78 Å². The molecule has 1 aromatic carbocycles. The molecule has 1 heterocycles. The number of carbonyl (C=O) groups is 1.